The fourth-order valence-corrected chi connectivity index (χ4v) is 4.62. The van der Waals surface area contributed by atoms with Gasteiger partial charge in [-0.25, -0.2) is 8.42 Å². The maximum atomic E-state index is 13.5. The van der Waals surface area contributed by atoms with Gasteiger partial charge in [0.1, 0.15) is 11.3 Å². The van der Waals surface area contributed by atoms with Crippen molar-refractivity contribution in [2.45, 2.75) is 25.2 Å². The molecular formula is C26H26N2O5S. The first-order chi connectivity index (χ1) is 16.3. The van der Waals surface area contributed by atoms with E-state index < -0.39 is 10.0 Å². The summed E-state index contributed by atoms with van der Waals surface area (Å²) in [5.74, 6) is 0.764. The molecule has 0 spiro atoms. The molecule has 1 aromatic heterocycles. The highest BCUT2D eigenvalue weighted by Crippen LogP contribution is 2.34. The number of carbonyl (C=O) groups excluding carboxylic acids is 1. The molecule has 1 heterocycles. The lowest BCUT2D eigenvalue weighted by molar-refractivity contribution is 0.104. The van der Waals surface area contributed by atoms with Gasteiger partial charge in [-0.15, -0.1) is 0 Å². The van der Waals surface area contributed by atoms with Crippen molar-refractivity contribution in [2.24, 2.45) is 0 Å². The molecule has 0 bridgehead atoms. The summed E-state index contributed by atoms with van der Waals surface area (Å²) in [5, 5.41) is 3.69. The number of methoxy groups -OCH3 is 1. The number of ketones is 1. The van der Waals surface area contributed by atoms with E-state index in [4.69, 9.17) is 9.15 Å². The molecule has 0 aliphatic rings. The van der Waals surface area contributed by atoms with Gasteiger partial charge in [-0.1, -0.05) is 24.6 Å². The number of furan rings is 1. The highest BCUT2D eigenvalue weighted by Gasteiger charge is 2.23. The third-order valence-electron chi connectivity index (χ3n) is 5.39. The first kappa shape index (κ1) is 23.4. The molecule has 3 aromatic carbocycles. The number of hydrogen-bond donors (Lipinski definition) is 2. The third-order valence-corrected chi connectivity index (χ3v) is 6.78. The first-order valence-corrected chi connectivity index (χ1v) is 12.4. The molecule has 7 nitrogen and oxygen atoms in total. The van der Waals surface area contributed by atoms with Crippen molar-refractivity contribution in [2.75, 3.05) is 23.7 Å². The zero-order valence-electron chi connectivity index (χ0n) is 19.2. The van der Waals surface area contributed by atoms with Crippen LogP contribution in [0.2, 0.25) is 0 Å². The van der Waals surface area contributed by atoms with Gasteiger partial charge < -0.3 is 14.5 Å². The van der Waals surface area contributed by atoms with E-state index in [1.54, 1.807) is 73.8 Å². The number of fused-ring (bicyclic) bond motifs is 1. The largest absolute Gasteiger partial charge is 0.497 e. The summed E-state index contributed by atoms with van der Waals surface area (Å²) in [7, 11) is -2.23. The van der Waals surface area contributed by atoms with Gasteiger partial charge in [0.25, 0.3) is 10.0 Å². The van der Waals surface area contributed by atoms with Crippen LogP contribution in [0.5, 0.6) is 5.75 Å². The molecular weight excluding hydrogens is 452 g/mol. The van der Waals surface area contributed by atoms with Crippen LogP contribution in [-0.4, -0.2) is 27.9 Å². The molecule has 0 aliphatic heterocycles. The van der Waals surface area contributed by atoms with Crippen molar-refractivity contribution in [3.63, 3.8) is 0 Å². The lowest BCUT2D eigenvalue weighted by Gasteiger charge is -2.09. The maximum absolute atomic E-state index is 13.5. The van der Waals surface area contributed by atoms with E-state index in [1.807, 2.05) is 13.8 Å². The van der Waals surface area contributed by atoms with Gasteiger partial charge in [-0.05, 0) is 67.9 Å². The Morgan fingerprint density at radius 2 is 1.71 bits per heavy atom. The van der Waals surface area contributed by atoms with Crippen molar-refractivity contribution < 1.29 is 22.4 Å². The van der Waals surface area contributed by atoms with E-state index in [0.29, 0.717) is 46.0 Å². The summed E-state index contributed by atoms with van der Waals surface area (Å²) < 4.78 is 39.5. The molecule has 0 unspecified atom stereocenters. The van der Waals surface area contributed by atoms with Crippen LogP contribution >= 0.6 is 0 Å². The fourth-order valence-electron chi connectivity index (χ4n) is 3.57. The summed E-state index contributed by atoms with van der Waals surface area (Å²) in [6.45, 7) is 4.52. The summed E-state index contributed by atoms with van der Waals surface area (Å²) in [6.07, 6.45) is 0.842. The average molecular weight is 479 g/mol. The van der Waals surface area contributed by atoms with Crippen LogP contribution in [0.25, 0.3) is 11.0 Å². The molecule has 0 amide bonds. The van der Waals surface area contributed by atoms with Crippen molar-refractivity contribution in [3.05, 3.63) is 83.4 Å². The number of hydrogen-bond acceptors (Lipinski definition) is 6. The van der Waals surface area contributed by atoms with E-state index >= 15 is 0 Å². The highest BCUT2D eigenvalue weighted by molar-refractivity contribution is 7.92. The van der Waals surface area contributed by atoms with Crippen LogP contribution in [-0.2, 0) is 10.0 Å². The molecule has 34 heavy (non-hydrogen) atoms. The summed E-state index contributed by atoms with van der Waals surface area (Å²) in [6, 6.07) is 18.3. The van der Waals surface area contributed by atoms with Crippen LogP contribution in [0.15, 0.2) is 76.0 Å². The Morgan fingerprint density at radius 1 is 1.00 bits per heavy atom. The maximum Gasteiger partial charge on any atom is 0.261 e. The molecule has 0 atom stereocenters. The van der Waals surface area contributed by atoms with Crippen molar-refractivity contribution in [1.82, 2.24) is 0 Å². The standard InChI is InChI=1S/C26H26N2O5S/c1-4-15-27-26-24(25(29)18-7-10-20(32-3)11-8-18)22-16-19(9-14-23(22)33-26)28-34(30,31)21-12-5-17(2)6-13-21/h5-14,16,27-28H,4,15H2,1-3H3. The fraction of sp³-hybridized carbons (Fsp3) is 0.192. The summed E-state index contributed by atoms with van der Waals surface area (Å²) >= 11 is 0. The number of ether oxygens (including phenoxy) is 1. The van der Waals surface area contributed by atoms with Gasteiger partial charge in [0.15, 0.2) is 5.78 Å². The van der Waals surface area contributed by atoms with E-state index in [-0.39, 0.29) is 10.7 Å². The van der Waals surface area contributed by atoms with E-state index in [2.05, 4.69) is 10.0 Å². The molecule has 4 aromatic rings. The minimum atomic E-state index is -3.79. The predicted octanol–water partition coefficient (Wildman–Crippen LogP) is 5.60. The summed E-state index contributed by atoms with van der Waals surface area (Å²) in [4.78, 5) is 13.6. The van der Waals surface area contributed by atoms with Crippen LogP contribution in [0, 0.1) is 6.92 Å². The minimum Gasteiger partial charge on any atom is -0.497 e. The second-order valence-corrected chi connectivity index (χ2v) is 9.60. The number of nitrogens with one attached hydrogen (secondary N) is 2. The Morgan fingerprint density at radius 3 is 2.35 bits per heavy atom. The lowest BCUT2D eigenvalue weighted by atomic mass is 10.0. The Bertz CT molecular complexity index is 1420. The monoisotopic (exact) mass is 478 g/mol. The number of anilines is 2. The SMILES string of the molecule is CCCNc1oc2ccc(NS(=O)(=O)c3ccc(C)cc3)cc2c1C(=O)c1ccc(OC)cc1. The molecule has 0 fully saturated rings. The van der Waals surface area contributed by atoms with Gasteiger partial charge in [-0.3, -0.25) is 9.52 Å². The second kappa shape index (κ2) is 9.61. The number of carbonyl (C=O) groups is 1. The molecule has 0 saturated carbocycles. The van der Waals surface area contributed by atoms with Crippen molar-refractivity contribution >= 4 is 38.3 Å². The van der Waals surface area contributed by atoms with Gasteiger partial charge >= 0.3 is 0 Å². The lowest BCUT2D eigenvalue weighted by Crippen LogP contribution is -2.13. The first-order valence-electron chi connectivity index (χ1n) is 10.9. The van der Waals surface area contributed by atoms with Crippen molar-refractivity contribution in [1.29, 1.82) is 0 Å². The molecule has 2 N–H and O–H groups in total. The Labute approximate surface area is 198 Å². The number of benzene rings is 3. The Kier molecular flexibility index (Phi) is 6.61. The zero-order valence-corrected chi connectivity index (χ0v) is 20.0. The Hall–Kier alpha value is -3.78. The molecule has 176 valence electrons. The predicted molar refractivity (Wildman–Crippen MR) is 133 cm³/mol. The topological polar surface area (TPSA) is 97.6 Å². The Balaban J connectivity index is 1.76. The smallest absolute Gasteiger partial charge is 0.261 e. The van der Waals surface area contributed by atoms with Gasteiger partial charge in [0.2, 0.25) is 5.88 Å². The van der Waals surface area contributed by atoms with Gasteiger partial charge in [0.05, 0.1) is 17.6 Å². The van der Waals surface area contributed by atoms with Crippen molar-refractivity contribution in [3.8, 4) is 5.75 Å². The van der Waals surface area contributed by atoms with Crippen LogP contribution < -0.4 is 14.8 Å². The van der Waals surface area contributed by atoms with Crippen LogP contribution in [0.3, 0.4) is 0 Å². The minimum absolute atomic E-state index is 0.158. The molecule has 8 heteroatoms. The number of rotatable bonds is 9. The third kappa shape index (κ3) is 4.77. The van der Waals surface area contributed by atoms with Gasteiger partial charge in [-0.2, -0.15) is 0 Å². The van der Waals surface area contributed by atoms with Crippen LogP contribution in [0.4, 0.5) is 11.6 Å². The zero-order chi connectivity index (χ0) is 24.3. The van der Waals surface area contributed by atoms with E-state index in [0.717, 1.165) is 12.0 Å². The van der Waals surface area contributed by atoms with E-state index in [9.17, 15) is 13.2 Å². The molecule has 0 aliphatic carbocycles. The molecule has 0 saturated heterocycles. The quantitative estimate of drug-likeness (QED) is 0.304. The number of aryl methyl sites for hydroxylation is 1. The molecule has 4 rings (SSSR count). The summed E-state index contributed by atoms with van der Waals surface area (Å²) in [5.41, 5.74) is 2.60. The van der Waals surface area contributed by atoms with Gasteiger partial charge in [0, 0.05) is 23.2 Å². The van der Waals surface area contributed by atoms with Crippen LogP contribution in [0.1, 0.15) is 34.8 Å². The van der Waals surface area contributed by atoms with E-state index in [1.165, 1.54) is 0 Å². The molecule has 0 radical (unpaired) electrons. The average Bonchev–Trinajstić information content (AvgIpc) is 3.19. The highest BCUT2D eigenvalue weighted by atomic mass is 32.2. The number of sulfonamides is 1. The normalized spacial score (nSPS) is 11.4. The second-order valence-electron chi connectivity index (χ2n) is 7.92.